The van der Waals surface area contributed by atoms with Crippen molar-refractivity contribution in [1.82, 2.24) is 5.32 Å². The number of carboxylic acid groups (broad SMARTS) is 1. The Bertz CT molecular complexity index is 751. The standard InChI is InChI=1S/C18H19NO5S/c1-12(20)14-9-16(25-11-14)18(23)19-10-13-4-6-15(7-5-13)24-8-2-3-17(21)22/h4-7,9,11H,2-3,8,10H2,1H3,(H,19,23)(H,21,22). The Morgan fingerprint density at radius 3 is 2.52 bits per heavy atom. The molecule has 0 spiro atoms. The van der Waals surface area contributed by atoms with Crippen LogP contribution in [0, 0.1) is 0 Å². The van der Waals surface area contributed by atoms with Gasteiger partial charge >= 0.3 is 5.97 Å². The molecule has 1 aromatic heterocycles. The van der Waals surface area contributed by atoms with E-state index in [0.29, 0.717) is 35.8 Å². The van der Waals surface area contributed by atoms with E-state index in [9.17, 15) is 14.4 Å². The lowest BCUT2D eigenvalue weighted by atomic mass is 10.2. The van der Waals surface area contributed by atoms with E-state index in [1.807, 2.05) is 12.1 Å². The summed E-state index contributed by atoms with van der Waals surface area (Å²) in [4.78, 5) is 34.2. The van der Waals surface area contributed by atoms with Crippen molar-refractivity contribution in [2.45, 2.75) is 26.3 Å². The number of carboxylic acids is 1. The van der Waals surface area contributed by atoms with Crippen LogP contribution in [0.5, 0.6) is 5.75 Å². The summed E-state index contributed by atoms with van der Waals surface area (Å²) >= 11 is 1.24. The zero-order valence-electron chi connectivity index (χ0n) is 13.8. The molecular formula is C18H19NO5S. The fourth-order valence-electron chi connectivity index (χ4n) is 2.03. The van der Waals surface area contributed by atoms with Crippen molar-refractivity contribution in [1.29, 1.82) is 0 Å². The second-order valence-electron chi connectivity index (χ2n) is 5.43. The Morgan fingerprint density at radius 2 is 1.92 bits per heavy atom. The first kappa shape index (κ1) is 18.7. The minimum atomic E-state index is -0.837. The predicted octanol–water partition coefficient (Wildman–Crippen LogP) is 3.12. The molecule has 2 rings (SSSR count). The number of carbonyl (C=O) groups is 3. The minimum Gasteiger partial charge on any atom is -0.494 e. The molecule has 1 aromatic carbocycles. The third kappa shape index (κ3) is 6.04. The number of hydrogen-bond donors (Lipinski definition) is 2. The van der Waals surface area contributed by atoms with Gasteiger partial charge in [-0.15, -0.1) is 11.3 Å². The molecule has 25 heavy (non-hydrogen) atoms. The first-order valence-electron chi connectivity index (χ1n) is 7.77. The smallest absolute Gasteiger partial charge is 0.303 e. The van der Waals surface area contributed by atoms with Crippen LogP contribution in [0.15, 0.2) is 35.7 Å². The number of rotatable bonds is 9. The van der Waals surface area contributed by atoms with Crippen molar-refractivity contribution < 1.29 is 24.2 Å². The van der Waals surface area contributed by atoms with Gasteiger partial charge in [0.05, 0.1) is 11.5 Å². The highest BCUT2D eigenvalue weighted by atomic mass is 32.1. The van der Waals surface area contributed by atoms with Crippen LogP contribution in [0.1, 0.15) is 45.4 Å². The maximum absolute atomic E-state index is 12.1. The monoisotopic (exact) mass is 361 g/mol. The van der Waals surface area contributed by atoms with Gasteiger partial charge in [0.25, 0.3) is 5.91 Å². The van der Waals surface area contributed by atoms with Crippen molar-refractivity contribution >= 4 is 29.0 Å². The van der Waals surface area contributed by atoms with Gasteiger partial charge < -0.3 is 15.2 Å². The van der Waals surface area contributed by atoms with Crippen LogP contribution in [-0.4, -0.2) is 29.4 Å². The van der Waals surface area contributed by atoms with E-state index < -0.39 is 5.97 Å². The fourth-order valence-corrected chi connectivity index (χ4v) is 2.89. The SMILES string of the molecule is CC(=O)c1csc(C(=O)NCc2ccc(OCCCC(=O)O)cc2)c1. The first-order chi connectivity index (χ1) is 12.0. The molecule has 0 saturated heterocycles. The maximum atomic E-state index is 12.1. The summed E-state index contributed by atoms with van der Waals surface area (Å²) in [6.45, 7) is 2.18. The lowest BCUT2D eigenvalue weighted by Gasteiger charge is -2.07. The number of aliphatic carboxylic acids is 1. The molecule has 7 heteroatoms. The average Bonchev–Trinajstić information content (AvgIpc) is 3.08. The van der Waals surface area contributed by atoms with Crippen LogP contribution in [0.2, 0.25) is 0 Å². The maximum Gasteiger partial charge on any atom is 0.303 e. The molecule has 0 aliphatic heterocycles. The summed E-state index contributed by atoms with van der Waals surface area (Å²) in [6, 6.07) is 8.82. The molecule has 2 aromatic rings. The molecule has 0 unspecified atom stereocenters. The number of thiophene rings is 1. The molecule has 0 aliphatic carbocycles. The molecule has 6 nitrogen and oxygen atoms in total. The number of carbonyl (C=O) groups excluding carboxylic acids is 2. The van der Waals surface area contributed by atoms with Gasteiger partial charge in [0, 0.05) is 23.9 Å². The van der Waals surface area contributed by atoms with E-state index in [1.165, 1.54) is 18.3 Å². The number of nitrogens with one attached hydrogen (secondary N) is 1. The first-order valence-corrected chi connectivity index (χ1v) is 8.65. The zero-order valence-corrected chi connectivity index (χ0v) is 14.6. The Kier molecular flexibility index (Phi) is 6.71. The van der Waals surface area contributed by atoms with Gasteiger partial charge in [-0.05, 0) is 37.1 Å². The molecule has 0 aliphatic rings. The predicted molar refractivity (Wildman–Crippen MR) is 94.3 cm³/mol. The number of ether oxygens (including phenoxy) is 1. The molecule has 1 heterocycles. The molecule has 0 fully saturated rings. The summed E-state index contributed by atoms with van der Waals surface area (Å²) in [6.07, 6.45) is 0.536. The van der Waals surface area contributed by atoms with E-state index >= 15 is 0 Å². The number of amides is 1. The van der Waals surface area contributed by atoms with Crippen LogP contribution >= 0.6 is 11.3 Å². The summed E-state index contributed by atoms with van der Waals surface area (Å²) < 4.78 is 5.45. The highest BCUT2D eigenvalue weighted by molar-refractivity contribution is 7.12. The van der Waals surface area contributed by atoms with E-state index in [0.717, 1.165) is 5.56 Å². The average molecular weight is 361 g/mol. The number of benzene rings is 1. The number of Topliss-reactive ketones (excluding diaryl/α,β-unsaturated/α-hetero) is 1. The molecule has 132 valence electrons. The number of ketones is 1. The summed E-state index contributed by atoms with van der Waals surface area (Å²) in [7, 11) is 0. The third-order valence-electron chi connectivity index (χ3n) is 3.41. The largest absolute Gasteiger partial charge is 0.494 e. The Labute approximate surface area is 149 Å². The van der Waals surface area contributed by atoms with Crippen LogP contribution in [0.4, 0.5) is 0 Å². The molecule has 0 bridgehead atoms. The second kappa shape index (κ2) is 8.98. The second-order valence-corrected chi connectivity index (χ2v) is 6.34. The third-order valence-corrected chi connectivity index (χ3v) is 4.34. The quantitative estimate of drug-likeness (QED) is 0.529. The van der Waals surface area contributed by atoms with E-state index in [2.05, 4.69) is 5.32 Å². The van der Waals surface area contributed by atoms with Crippen molar-refractivity contribution in [3.8, 4) is 5.75 Å². The van der Waals surface area contributed by atoms with Crippen molar-refractivity contribution in [2.75, 3.05) is 6.61 Å². The van der Waals surface area contributed by atoms with Gasteiger partial charge in [-0.2, -0.15) is 0 Å². The summed E-state index contributed by atoms with van der Waals surface area (Å²) in [5.41, 5.74) is 1.45. The molecule has 0 saturated carbocycles. The Morgan fingerprint density at radius 1 is 1.20 bits per heavy atom. The van der Waals surface area contributed by atoms with E-state index in [-0.39, 0.29) is 18.1 Å². The lowest BCUT2D eigenvalue weighted by Crippen LogP contribution is -2.21. The van der Waals surface area contributed by atoms with Crippen LogP contribution in [0.3, 0.4) is 0 Å². The highest BCUT2D eigenvalue weighted by Crippen LogP contribution is 2.16. The van der Waals surface area contributed by atoms with Gasteiger partial charge in [0.15, 0.2) is 5.78 Å². The van der Waals surface area contributed by atoms with Crippen molar-refractivity contribution in [3.63, 3.8) is 0 Å². The van der Waals surface area contributed by atoms with Gasteiger partial charge in [0.2, 0.25) is 0 Å². The fraction of sp³-hybridized carbons (Fsp3) is 0.278. The Hall–Kier alpha value is -2.67. The molecule has 2 N–H and O–H groups in total. The van der Waals surface area contributed by atoms with Crippen LogP contribution < -0.4 is 10.1 Å². The molecular weight excluding hydrogens is 342 g/mol. The zero-order chi connectivity index (χ0) is 18.2. The molecule has 0 atom stereocenters. The summed E-state index contributed by atoms with van der Waals surface area (Å²) in [5, 5.41) is 13.0. The van der Waals surface area contributed by atoms with Crippen molar-refractivity contribution in [3.05, 3.63) is 51.7 Å². The minimum absolute atomic E-state index is 0.0609. The van der Waals surface area contributed by atoms with E-state index in [1.54, 1.807) is 23.6 Å². The van der Waals surface area contributed by atoms with Gasteiger partial charge in [0.1, 0.15) is 5.75 Å². The molecule has 1 amide bonds. The normalized spacial score (nSPS) is 10.3. The Balaban J connectivity index is 1.79. The lowest BCUT2D eigenvalue weighted by molar-refractivity contribution is -0.137. The van der Waals surface area contributed by atoms with E-state index in [4.69, 9.17) is 9.84 Å². The number of hydrogen-bond acceptors (Lipinski definition) is 5. The van der Waals surface area contributed by atoms with Crippen LogP contribution in [-0.2, 0) is 11.3 Å². The highest BCUT2D eigenvalue weighted by Gasteiger charge is 2.11. The molecule has 0 radical (unpaired) electrons. The topological polar surface area (TPSA) is 92.7 Å². The van der Waals surface area contributed by atoms with Gasteiger partial charge in [-0.3, -0.25) is 14.4 Å². The van der Waals surface area contributed by atoms with Crippen LogP contribution in [0.25, 0.3) is 0 Å². The van der Waals surface area contributed by atoms with Gasteiger partial charge in [-0.1, -0.05) is 12.1 Å². The van der Waals surface area contributed by atoms with Crippen molar-refractivity contribution in [2.24, 2.45) is 0 Å². The van der Waals surface area contributed by atoms with Gasteiger partial charge in [-0.25, -0.2) is 0 Å². The summed E-state index contributed by atoms with van der Waals surface area (Å²) in [5.74, 6) is -0.457.